The Labute approximate surface area is 159 Å². The number of benzene rings is 1. The summed E-state index contributed by atoms with van der Waals surface area (Å²) in [6.07, 6.45) is 6.52. The summed E-state index contributed by atoms with van der Waals surface area (Å²) in [7, 11) is 0. The second-order valence-electron chi connectivity index (χ2n) is 7.25. The van der Waals surface area contributed by atoms with Crippen LogP contribution in [0.15, 0.2) is 61.2 Å². The summed E-state index contributed by atoms with van der Waals surface area (Å²) >= 11 is 0. The van der Waals surface area contributed by atoms with Crippen molar-refractivity contribution in [3.05, 3.63) is 77.9 Å². The number of hydrogen-bond donors (Lipinski definition) is 2. The molecule has 0 aliphatic rings. The van der Waals surface area contributed by atoms with Crippen LogP contribution in [0.25, 0.3) is 0 Å². The molecule has 2 N–H and O–H groups in total. The number of hydrogen-bond acceptors (Lipinski definition) is 5. The van der Waals surface area contributed by atoms with E-state index in [0.29, 0.717) is 18.1 Å². The highest BCUT2D eigenvalue weighted by Crippen LogP contribution is 2.29. The van der Waals surface area contributed by atoms with Crippen molar-refractivity contribution in [2.45, 2.75) is 32.7 Å². The third-order valence-corrected chi connectivity index (χ3v) is 4.10. The molecule has 1 amide bonds. The predicted molar refractivity (Wildman–Crippen MR) is 107 cm³/mol. The van der Waals surface area contributed by atoms with Gasteiger partial charge in [-0.2, -0.15) is 0 Å². The summed E-state index contributed by atoms with van der Waals surface area (Å²) in [6.45, 7) is 6.94. The minimum Gasteiger partial charge on any atom is -0.350 e. The summed E-state index contributed by atoms with van der Waals surface area (Å²) in [5.74, 6) is 0.242. The molecule has 0 bridgehead atoms. The fraction of sp³-hybridized carbons (Fsp3) is 0.238. The quantitative estimate of drug-likeness (QED) is 0.717. The van der Waals surface area contributed by atoms with Crippen molar-refractivity contribution in [2.75, 3.05) is 10.6 Å². The van der Waals surface area contributed by atoms with Gasteiger partial charge in [-0.15, -0.1) is 0 Å². The van der Waals surface area contributed by atoms with E-state index in [1.165, 1.54) is 12.4 Å². The molecule has 3 rings (SSSR count). The van der Waals surface area contributed by atoms with Crippen LogP contribution in [-0.2, 0) is 12.0 Å². The van der Waals surface area contributed by atoms with E-state index in [1.807, 2.05) is 36.4 Å². The maximum atomic E-state index is 12.6. The van der Waals surface area contributed by atoms with E-state index in [2.05, 4.69) is 46.4 Å². The summed E-state index contributed by atoms with van der Waals surface area (Å²) in [5, 5.41) is 6.09. The second kappa shape index (κ2) is 7.95. The molecule has 0 aliphatic heterocycles. The molecule has 0 spiro atoms. The number of anilines is 2. The average molecular weight is 361 g/mol. The first-order chi connectivity index (χ1) is 12.9. The minimum absolute atomic E-state index is 0.0683. The molecule has 27 heavy (non-hydrogen) atoms. The number of pyridine rings is 1. The Morgan fingerprint density at radius 2 is 1.67 bits per heavy atom. The molecule has 0 radical (unpaired) electrons. The number of amides is 1. The third kappa shape index (κ3) is 4.88. The highest BCUT2D eigenvalue weighted by Gasteiger charge is 2.19. The summed E-state index contributed by atoms with van der Waals surface area (Å²) < 4.78 is 0. The van der Waals surface area contributed by atoms with Gasteiger partial charge in [0.05, 0.1) is 5.56 Å². The van der Waals surface area contributed by atoms with Crippen LogP contribution in [0.2, 0.25) is 0 Å². The maximum Gasteiger partial charge on any atom is 0.258 e. The van der Waals surface area contributed by atoms with E-state index in [4.69, 9.17) is 0 Å². The molecule has 0 fully saturated rings. The van der Waals surface area contributed by atoms with Gasteiger partial charge in [0.2, 0.25) is 5.95 Å². The van der Waals surface area contributed by atoms with Gasteiger partial charge in [-0.05, 0) is 34.7 Å². The number of rotatable bonds is 5. The Morgan fingerprint density at radius 1 is 1.00 bits per heavy atom. The molecule has 138 valence electrons. The van der Waals surface area contributed by atoms with Crippen molar-refractivity contribution in [3.8, 4) is 0 Å². The standard InChI is InChI=1S/C21H23N5O/c1-21(2,3)17-6-4-5-7-18(17)26-19(27)16-13-24-20(25-14-16)23-12-15-8-10-22-11-9-15/h4-11,13-14H,12H2,1-3H3,(H,26,27)(H,23,24,25). The fourth-order valence-electron chi connectivity index (χ4n) is 2.66. The predicted octanol–water partition coefficient (Wildman–Crippen LogP) is 4.03. The SMILES string of the molecule is CC(C)(C)c1ccccc1NC(=O)c1cnc(NCc2ccncc2)nc1. The maximum absolute atomic E-state index is 12.6. The highest BCUT2D eigenvalue weighted by atomic mass is 16.1. The molecule has 0 saturated carbocycles. The lowest BCUT2D eigenvalue weighted by Crippen LogP contribution is -2.19. The largest absolute Gasteiger partial charge is 0.350 e. The van der Waals surface area contributed by atoms with E-state index < -0.39 is 0 Å². The zero-order chi connectivity index (χ0) is 19.3. The Kier molecular flexibility index (Phi) is 5.45. The zero-order valence-electron chi connectivity index (χ0n) is 15.7. The van der Waals surface area contributed by atoms with Crippen molar-refractivity contribution in [3.63, 3.8) is 0 Å². The van der Waals surface area contributed by atoms with Gasteiger partial charge in [0.25, 0.3) is 5.91 Å². The first-order valence-corrected chi connectivity index (χ1v) is 8.79. The van der Waals surface area contributed by atoms with Crippen LogP contribution in [-0.4, -0.2) is 20.9 Å². The first-order valence-electron chi connectivity index (χ1n) is 8.79. The molecular formula is C21H23N5O. The van der Waals surface area contributed by atoms with Crippen molar-refractivity contribution in [2.24, 2.45) is 0 Å². The van der Waals surface area contributed by atoms with Crippen LogP contribution in [0.5, 0.6) is 0 Å². The molecule has 6 heteroatoms. The van der Waals surface area contributed by atoms with Crippen LogP contribution < -0.4 is 10.6 Å². The van der Waals surface area contributed by atoms with Gasteiger partial charge in [-0.1, -0.05) is 39.0 Å². The van der Waals surface area contributed by atoms with E-state index in [0.717, 1.165) is 16.8 Å². The number of carbonyl (C=O) groups is 1. The van der Waals surface area contributed by atoms with Gasteiger partial charge in [0.15, 0.2) is 0 Å². The summed E-state index contributed by atoms with van der Waals surface area (Å²) in [4.78, 5) is 25.0. The van der Waals surface area contributed by atoms with Crippen molar-refractivity contribution in [1.82, 2.24) is 15.0 Å². The Morgan fingerprint density at radius 3 is 2.33 bits per heavy atom. The zero-order valence-corrected chi connectivity index (χ0v) is 15.7. The molecule has 6 nitrogen and oxygen atoms in total. The van der Waals surface area contributed by atoms with Crippen LogP contribution in [0.1, 0.15) is 42.3 Å². The first kappa shape index (κ1) is 18.5. The van der Waals surface area contributed by atoms with E-state index in [-0.39, 0.29) is 11.3 Å². The Balaban J connectivity index is 1.66. The van der Waals surface area contributed by atoms with E-state index in [1.54, 1.807) is 12.4 Å². The van der Waals surface area contributed by atoms with Crippen LogP contribution in [0, 0.1) is 0 Å². The lowest BCUT2D eigenvalue weighted by molar-refractivity contribution is 0.102. The molecule has 2 aromatic heterocycles. The van der Waals surface area contributed by atoms with E-state index >= 15 is 0 Å². The van der Waals surface area contributed by atoms with Crippen LogP contribution in [0.3, 0.4) is 0 Å². The van der Waals surface area contributed by atoms with Gasteiger partial charge < -0.3 is 10.6 Å². The van der Waals surface area contributed by atoms with Gasteiger partial charge >= 0.3 is 0 Å². The molecule has 0 atom stereocenters. The molecule has 0 unspecified atom stereocenters. The molecule has 1 aromatic carbocycles. The number of nitrogens with one attached hydrogen (secondary N) is 2. The minimum atomic E-state index is -0.229. The molecular weight excluding hydrogens is 338 g/mol. The summed E-state index contributed by atoms with van der Waals surface area (Å²) in [6, 6.07) is 11.7. The van der Waals surface area contributed by atoms with Gasteiger partial charge in [-0.25, -0.2) is 9.97 Å². The average Bonchev–Trinajstić information content (AvgIpc) is 2.67. The fourth-order valence-corrected chi connectivity index (χ4v) is 2.66. The van der Waals surface area contributed by atoms with Crippen molar-refractivity contribution in [1.29, 1.82) is 0 Å². The second-order valence-corrected chi connectivity index (χ2v) is 7.25. The van der Waals surface area contributed by atoms with Crippen LogP contribution >= 0.6 is 0 Å². The normalized spacial score (nSPS) is 11.1. The highest BCUT2D eigenvalue weighted by molar-refractivity contribution is 6.04. The number of nitrogens with zero attached hydrogens (tertiary/aromatic N) is 3. The molecule has 0 saturated heterocycles. The molecule has 0 aliphatic carbocycles. The number of para-hydroxylation sites is 1. The lowest BCUT2D eigenvalue weighted by atomic mass is 9.86. The molecule has 2 heterocycles. The molecule has 3 aromatic rings. The summed E-state index contributed by atoms with van der Waals surface area (Å²) in [5.41, 5.74) is 3.30. The third-order valence-electron chi connectivity index (χ3n) is 4.10. The smallest absolute Gasteiger partial charge is 0.258 e. The lowest BCUT2D eigenvalue weighted by Gasteiger charge is -2.22. The van der Waals surface area contributed by atoms with Gasteiger partial charge in [0.1, 0.15) is 0 Å². The van der Waals surface area contributed by atoms with Gasteiger partial charge in [-0.3, -0.25) is 9.78 Å². The van der Waals surface area contributed by atoms with Crippen LogP contribution in [0.4, 0.5) is 11.6 Å². The van der Waals surface area contributed by atoms with Crippen molar-refractivity contribution < 1.29 is 4.79 Å². The van der Waals surface area contributed by atoms with Crippen molar-refractivity contribution >= 4 is 17.5 Å². The monoisotopic (exact) mass is 361 g/mol. The number of aromatic nitrogens is 3. The Hall–Kier alpha value is -3.28. The van der Waals surface area contributed by atoms with E-state index in [9.17, 15) is 4.79 Å². The Bertz CT molecular complexity index is 902. The number of carbonyl (C=O) groups excluding carboxylic acids is 1. The topological polar surface area (TPSA) is 79.8 Å². The van der Waals surface area contributed by atoms with Gasteiger partial charge in [0, 0.05) is 37.0 Å².